The fraction of sp³-hybridized carbons (Fsp3) is 0.800. The minimum atomic E-state index is 0.641. The molecule has 0 aliphatic heterocycles. The van der Waals surface area contributed by atoms with Gasteiger partial charge in [0.05, 0.1) is 0 Å². The molecule has 3 unspecified atom stereocenters. The Hall–Kier alpha value is -0.830. The van der Waals surface area contributed by atoms with Gasteiger partial charge in [0.15, 0.2) is 0 Å². The summed E-state index contributed by atoms with van der Waals surface area (Å²) in [4.78, 5) is 4.64. The lowest BCUT2D eigenvalue weighted by molar-refractivity contribution is 0.232. The molecule has 0 aromatic carbocycles. The zero-order valence-electron chi connectivity index (χ0n) is 12.0. The summed E-state index contributed by atoms with van der Waals surface area (Å²) in [7, 11) is 0. The number of aryl methyl sites for hydroxylation is 1. The van der Waals surface area contributed by atoms with Gasteiger partial charge in [-0.1, -0.05) is 20.3 Å². The number of hydrogen-bond donors (Lipinski definition) is 1. The van der Waals surface area contributed by atoms with E-state index in [2.05, 4.69) is 41.8 Å². The fourth-order valence-corrected chi connectivity index (χ4v) is 3.25. The van der Waals surface area contributed by atoms with Gasteiger partial charge in [-0.05, 0) is 44.7 Å². The van der Waals surface area contributed by atoms with Gasteiger partial charge >= 0.3 is 0 Å². The predicted molar refractivity (Wildman–Crippen MR) is 75.7 cm³/mol. The normalized spacial score (nSPS) is 28.5. The lowest BCUT2D eigenvalue weighted by atomic mass is 9.74. The summed E-state index contributed by atoms with van der Waals surface area (Å²) in [6.07, 6.45) is 8.10. The molecule has 1 aliphatic carbocycles. The highest BCUT2D eigenvalue weighted by molar-refractivity contribution is 5.05. The Morgan fingerprint density at radius 2 is 2.22 bits per heavy atom. The number of aromatic nitrogens is 2. The maximum Gasteiger partial charge on any atom is 0.112 e. The average molecular weight is 249 g/mol. The molecule has 1 heterocycles. The van der Waals surface area contributed by atoms with Crippen molar-refractivity contribution in [3.8, 4) is 0 Å². The van der Waals surface area contributed by atoms with E-state index in [1.54, 1.807) is 0 Å². The third-order valence-corrected chi connectivity index (χ3v) is 4.33. The summed E-state index contributed by atoms with van der Waals surface area (Å²) in [6.45, 7) is 10.0. The Kier molecular flexibility index (Phi) is 4.81. The number of nitrogens with zero attached hydrogens (tertiary/aromatic N) is 2. The summed E-state index contributed by atoms with van der Waals surface area (Å²) < 4.78 is 2.32. The van der Waals surface area contributed by atoms with Crippen molar-refractivity contribution >= 4 is 0 Å². The van der Waals surface area contributed by atoms with Crippen molar-refractivity contribution in [1.29, 1.82) is 0 Å². The SMILES string of the molecule is CCNCC1CCC(C)CC1c1nccn1CC. The lowest BCUT2D eigenvalue weighted by Crippen LogP contribution is -2.32. The molecule has 0 spiro atoms. The van der Waals surface area contributed by atoms with Crippen molar-refractivity contribution in [2.24, 2.45) is 11.8 Å². The van der Waals surface area contributed by atoms with Gasteiger partial charge < -0.3 is 9.88 Å². The van der Waals surface area contributed by atoms with E-state index in [0.29, 0.717) is 5.92 Å². The molecule has 18 heavy (non-hydrogen) atoms. The van der Waals surface area contributed by atoms with Crippen molar-refractivity contribution in [2.75, 3.05) is 13.1 Å². The van der Waals surface area contributed by atoms with Crippen LogP contribution in [0.1, 0.15) is 51.8 Å². The van der Waals surface area contributed by atoms with Gasteiger partial charge in [-0.2, -0.15) is 0 Å². The van der Waals surface area contributed by atoms with Crippen LogP contribution < -0.4 is 5.32 Å². The second-order valence-corrected chi connectivity index (χ2v) is 5.66. The largest absolute Gasteiger partial charge is 0.335 e. The standard InChI is InChI=1S/C15H27N3/c1-4-16-11-13-7-6-12(3)10-14(13)15-17-8-9-18(15)5-2/h8-9,12-14,16H,4-7,10-11H2,1-3H3. The first-order valence-corrected chi connectivity index (χ1v) is 7.48. The highest BCUT2D eigenvalue weighted by Gasteiger charge is 2.31. The third-order valence-electron chi connectivity index (χ3n) is 4.33. The van der Waals surface area contributed by atoms with E-state index < -0.39 is 0 Å². The van der Waals surface area contributed by atoms with Crippen LogP contribution in [0.3, 0.4) is 0 Å². The van der Waals surface area contributed by atoms with Crippen molar-refractivity contribution in [3.05, 3.63) is 18.2 Å². The Bertz CT molecular complexity index is 356. The van der Waals surface area contributed by atoms with E-state index in [4.69, 9.17) is 0 Å². The molecule has 1 aliphatic rings. The molecule has 1 aromatic rings. The van der Waals surface area contributed by atoms with Crippen LogP contribution in [0, 0.1) is 11.8 Å². The Balaban J connectivity index is 2.14. The first-order valence-electron chi connectivity index (χ1n) is 7.48. The summed E-state index contributed by atoms with van der Waals surface area (Å²) in [5.41, 5.74) is 0. The molecule has 1 aromatic heterocycles. The Labute approximate surface area is 111 Å². The highest BCUT2D eigenvalue weighted by atomic mass is 15.1. The molecule has 0 radical (unpaired) electrons. The maximum atomic E-state index is 4.64. The molecule has 102 valence electrons. The van der Waals surface area contributed by atoms with Crippen LogP contribution in [-0.2, 0) is 6.54 Å². The highest BCUT2D eigenvalue weighted by Crippen LogP contribution is 2.39. The van der Waals surface area contributed by atoms with Gasteiger partial charge in [0.1, 0.15) is 5.82 Å². The molecule has 3 heteroatoms. The molecule has 1 N–H and O–H groups in total. The van der Waals surface area contributed by atoms with E-state index in [-0.39, 0.29) is 0 Å². The summed E-state index contributed by atoms with van der Waals surface area (Å²) in [5, 5.41) is 3.53. The number of imidazole rings is 1. The maximum absolute atomic E-state index is 4.64. The molecular weight excluding hydrogens is 222 g/mol. The van der Waals surface area contributed by atoms with Gasteiger partial charge in [0.2, 0.25) is 0 Å². The topological polar surface area (TPSA) is 29.9 Å². The molecule has 2 rings (SSSR count). The molecule has 1 fully saturated rings. The number of rotatable bonds is 5. The first kappa shape index (κ1) is 13.6. The molecule has 3 atom stereocenters. The minimum Gasteiger partial charge on any atom is -0.335 e. The zero-order valence-corrected chi connectivity index (χ0v) is 12.0. The fourth-order valence-electron chi connectivity index (χ4n) is 3.25. The van der Waals surface area contributed by atoms with Crippen LogP contribution in [0.15, 0.2) is 12.4 Å². The van der Waals surface area contributed by atoms with E-state index in [9.17, 15) is 0 Å². The van der Waals surface area contributed by atoms with E-state index in [0.717, 1.165) is 31.5 Å². The summed E-state index contributed by atoms with van der Waals surface area (Å²) >= 11 is 0. The van der Waals surface area contributed by atoms with Gasteiger partial charge in [-0.25, -0.2) is 4.98 Å². The predicted octanol–water partition coefficient (Wildman–Crippen LogP) is 3.03. The second-order valence-electron chi connectivity index (χ2n) is 5.66. The van der Waals surface area contributed by atoms with Crippen LogP contribution in [0.25, 0.3) is 0 Å². The van der Waals surface area contributed by atoms with Crippen LogP contribution in [0.5, 0.6) is 0 Å². The van der Waals surface area contributed by atoms with Gasteiger partial charge in [-0.15, -0.1) is 0 Å². The monoisotopic (exact) mass is 249 g/mol. The minimum absolute atomic E-state index is 0.641. The summed E-state index contributed by atoms with van der Waals surface area (Å²) in [6, 6.07) is 0. The molecular formula is C15H27N3. The third kappa shape index (κ3) is 2.94. The van der Waals surface area contributed by atoms with Crippen LogP contribution in [-0.4, -0.2) is 22.6 Å². The Morgan fingerprint density at radius 3 is 2.94 bits per heavy atom. The van der Waals surface area contributed by atoms with Gasteiger partial charge in [0, 0.05) is 24.9 Å². The van der Waals surface area contributed by atoms with Crippen molar-refractivity contribution in [2.45, 2.75) is 52.5 Å². The van der Waals surface area contributed by atoms with E-state index in [1.807, 2.05) is 6.20 Å². The van der Waals surface area contributed by atoms with Crippen LogP contribution in [0.4, 0.5) is 0 Å². The van der Waals surface area contributed by atoms with Crippen molar-refractivity contribution in [1.82, 2.24) is 14.9 Å². The van der Waals surface area contributed by atoms with Crippen molar-refractivity contribution in [3.63, 3.8) is 0 Å². The smallest absolute Gasteiger partial charge is 0.112 e. The molecule has 1 saturated carbocycles. The molecule has 0 saturated heterocycles. The van der Waals surface area contributed by atoms with Crippen LogP contribution >= 0.6 is 0 Å². The lowest BCUT2D eigenvalue weighted by Gasteiger charge is -2.35. The van der Waals surface area contributed by atoms with Crippen molar-refractivity contribution < 1.29 is 0 Å². The van der Waals surface area contributed by atoms with E-state index in [1.165, 1.54) is 25.1 Å². The Morgan fingerprint density at radius 1 is 1.39 bits per heavy atom. The molecule has 0 bridgehead atoms. The summed E-state index contributed by atoms with van der Waals surface area (Å²) in [5.74, 6) is 3.55. The molecule has 3 nitrogen and oxygen atoms in total. The zero-order chi connectivity index (χ0) is 13.0. The average Bonchev–Trinajstić information content (AvgIpc) is 2.85. The second kappa shape index (κ2) is 6.37. The van der Waals surface area contributed by atoms with E-state index >= 15 is 0 Å². The quantitative estimate of drug-likeness (QED) is 0.869. The number of hydrogen-bond acceptors (Lipinski definition) is 2. The number of nitrogens with one attached hydrogen (secondary N) is 1. The van der Waals surface area contributed by atoms with Gasteiger partial charge in [0.25, 0.3) is 0 Å². The first-order chi connectivity index (χ1) is 8.76. The molecule has 0 amide bonds. The van der Waals surface area contributed by atoms with Crippen LogP contribution in [0.2, 0.25) is 0 Å². The van der Waals surface area contributed by atoms with Gasteiger partial charge in [-0.3, -0.25) is 0 Å².